The van der Waals surface area contributed by atoms with Crippen molar-refractivity contribution in [3.63, 3.8) is 0 Å². The van der Waals surface area contributed by atoms with Crippen molar-refractivity contribution >= 4 is 27.0 Å². The predicted molar refractivity (Wildman–Crippen MR) is 73.9 cm³/mol. The van der Waals surface area contributed by atoms with Crippen molar-refractivity contribution in [3.05, 3.63) is 46.7 Å². The number of anilines is 1. The van der Waals surface area contributed by atoms with E-state index in [1.54, 1.807) is 23.5 Å². The van der Waals surface area contributed by atoms with Crippen molar-refractivity contribution in [1.82, 2.24) is 4.72 Å². The first-order valence-electron chi connectivity index (χ1n) is 5.39. The third-order valence-electron chi connectivity index (χ3n) is 2.57. The maximum absolute atomic E-state index is 12.1. The van der Waals surface area contributed by atoms with Crippen molar-refractivity contribution in [2.24, 2.45) is 0 Å². The summed E-state index contributed by atoms with van der Waals surface area (Å²) in [5, 5.41) is 3.85. The van der Waals surface area contributed by atoms with Crippen LogP contribution in [0, 0.1) is 0 Å². The van der Waals surface area contributed by atoms with Crippen LogP contribution >= 0.6 is 11.3 Å². The molecule has 0 radical (unpaired) electrons. The third kappa shape index (κ3) is 2.90. The Hall–Kier alpha value is -1.37. The van der Waals surface area contributed by atoms with Crippen molar-refractivity contribution < 1.29 is 8.42 Å². The Balaban J connectivity index is 2.20. The topological polar surface area (TPSA) is 72.2 Å². The van der Waals surface area contributed by atoms with E-state index in [-0.39, 0.29) is 10.9 Å². The van der Waals surface area contributed by atoms with Crippen LogP contribution in [0.25, 0.3) is 0 Å². The van der Waals surface area contributed by atoms with Gasteiger partial charge in [-0.1, -0.05) is 0 Å². The molecule has 0 aliphatic heterocycles. The van der Waals surface area contributed by atoms with E-state index in [1.165, 1.54) is 12.1 Å². The monoisotopic (exact) mass is 282 g/mol. The first-order chi connectivity index (χ1) is 8.49. The molecule has 96 valence electrons. The fourth-order valence-electron chi connectivity index (χ4n) is 1.54. The molecule has 0 bridgehead atoms. The zero-order valence-electron chi connectivity index (χ0n) is 9.83. The Kier molecular flexibility index (Phi) is 3.70. The first kappa shape index (κ1) is 13.1. The lowest BCUT2D eigenvalue weighted by atomic mass is 10.2. The van der Waals surface area contributed by atoms with Crippen molar-refractivity contribution in [2.45, 2.75) is 17.9 Å². The molecule has 0 spiro atoms. The largest absolute Gasteiger partial charge is 0.399 e. The molecule has 1 atom stereocenters. The van der Waals surface area contributed by atoms with Crippen LogP contribution in [-0.2, 0) is 10.0 Å². The summed E-state index contributed by atoms with van der Waals surface area (Å²) >= 11 is 1.54. The van der Waals surface area contributed by atoms with E-state index < -0.39 is 10.0 Å². The Morgan fingerprint density at radius 3 is 2.44 bits per heavy atom. The van der Waals surface area contributed by atoms with Crippen molar-refractivity contribution in [1.29, 1.82) is 0 Å². The van der Waals surface area contributed by atoms with Gasteiger partial charge in [0.05, 0.1) is 4.90 Å². The standard InChI is InChI=1S/C12H14N2O2S2/c1-9(10-6-7-17-8-10)14-18(15,16)12-4-2-11(13)3-5-12/h2-9,14H,13H2,1H3. The number of nitrogen functional groups attached to an aromatic ring is 1. The highest BCUT2D eigenvalue weighted by Gasteiger charge is 2.18. The molecule has 0 aliphatic rings. The average molecular weight is 282 g/mol. The molecule has 0 fully saturated rings. The number of rotatable bonds is 4. The van der Waals surface area contributed by atoms with Crippen LogP contribution in [0.2, 0.25) is 0 Å². The molecule has 0 amide bonds. The molecule has 1 heterocycles. The van der Waals surface area contributed by atoms with Gasteiger partial charge >= 0.3 is 0 Å². The van der Waals surface area contributed by atoms with E-state index in [9.17, 15) is 8.42 Å². The summed E-state index contributed by atoms with van der Waals surface area (Å²) in [4.78, 5) is 0.221. The lowest BCUT2D eigenvalue weighted by Gasteiger charge is -2.13. The van der Waals surface area contributed by atoms with Gasteiger partial charge in [-0.25, -0.2) is 13.1 Å². The summed E-state index contributed by atoms with van der Waals surface area (Å²) in [5.74, 6) is 0. The second kappa shape index (κ2) is 5.09. The van der Waals surface area contributed by atoms with Gasteiger partial charge in [0.2, 0.25) is 10.0 Å². The highest BCUT2D eigenvalue weighted by Crippen LogP contribution is 2.19. The smallest absolute Gasteiger partial charge is 0.241 e. The van der Waals surface area contributed by atoms with Crippen LogP contribution in [0.1, 0.15) is 18.5 Å². The SMILES string of the molecule is CC(NS(=O)(=O)c1ccc(N)cc1)c1ccsc1. The number of hydrogen-bond acceptors (Lipinski definition) is 4. The number of benzene rings is 1. The van der Waals surface area contributed by atoms with Gasteiger partial charge in [-0.2, -0.15) is 11.3 Å². The van der Waals surface area contributed by atoms with Crippen LogP contribution in [-0.4, -0.2) is 8.42 Å². The Morgan fingerprint density at radius 1 is 1.22 bits per heavy atom. The van der Waals surface area contributed by atoms with E-state index >= 15 is 0 Å². The number of thiophene rings is 1. The molecule has 6 heteroatoms. The van der Waals surface area contributed by atoms with Gasteiger partial charge in [-0.05, 0) is 53.6 Å². The predicted octanol–water partition coefficient (Wildman–Crippen LogP) is 2.37. The third-order valence-corrected chi connectivity index (χ3v) is 4.82. The van der Waals surface area contributed by atoms with E-state index in [0.29, 0.717) is 5.69 Å². The van der Waals surface area contributed by atoms with Crippen LogP contribution in [0.3, 0.4) is 0 Å². The molecule has 1 aromatic heterocycles. The molecular formula is C12H14N2O2S2. The average Bonchev–Trinajstić information content (AvgIpc) is 2.82. The minimum atomic E-state index is -3.50. The second-order valence-electron chi connectivity index (χ2n) is 3.97. The maximum Gasteiger partial charge on any atom is 0.241 e. The van der Waals surface area contributed by atoms with Gasteiger partial charge in [0.25, 0.3) is 0 Å². The van der Waals surface area contributed by atoms with Gasteiger partial charge in [0.1, 0.15) is 0 Å². The van der Waals surface area contributed by atoms with Gasteiger partial charge in [0, 0.05) is 11.7 Å². The van der Waals surface area contributed by atoms with Crippen LogP contribution < -0.4 is 10.5 Å². The molecule has 1 aromatic carbocycles. The van der Waals surface area contributed by atoms with E-state index in [2.05, 4.69) is 4.72 Å². The quantitative estimate of drug-likeness (QED) is 0.846. The summed E-state index contributed by atoms with van der Waals surface area (Å²) in [6, 6.07) is 7.80. The summed E-state index contributed by atoms with van der Waals surface area (Å²) in [5.41, 5.74) is 7.03. The maximum atomic E-state index is 12.1. The summed E-state index contributed by atoms with van der Waals surface area (Å²) < 4.78 is 26.8. The molecule has 2 rings (SSSR count). The summed E-state index contributed by atoms with van der Waals surface area (Å²) in [6.45, 7) is 1.82. The second-order valence-corrected chi connectivity index (χ2v) is 6.46. The molecular weight excluding hydrogens is 268 g/mol. The zero-order valence-corrected chi connectivity index (χ0v) is 11.5. The Bertz CT molecular complexity index is 604. The highest BCUT2D eigenvalue weighted by atomic mass is 32.2. The van der Waals surface area contributed by atoms with Gasteiger partial charge in [-0.3, -0.25) is 0 Å². The molecule has 2 aromatic rings. The molecule has 3 N–H and O–H groups in total. The lowest BCUT2D eigenvalue weighted by Crippen LogP contribution is -2.26. The molecule has 1 unspecified atom stereocenters. The number of nitrogens with one attached hydrogen (secondary N) is 1. The van der Waals surface area contributed by atoms with Gasteiger partial charge < -0.3 is 5.73 Å². The Labute approximate surface area is 111 Å². The van der Waals surface area contributed by atoms with Crippen LogP contribution in [0.5, 0.6) is 0 Å². The van der Waals surface area contributed by atoms with E-state index in [1.807, 2.05) is 23.8 Å². The minimum absolute atomic E-state index is 0.221. The van der Waals surface area contributed by atoms with E-state index in [4.69, 9.17) is 5.73 Å². The fourth-order valence-corrected chi connectivity index (χ4v) is 3.52. The molecule has 4 nitrogen and oxygen atoms in total. The number of nitrogens with two attached hydrogens (primary N) is 1. The lowest BCUT2D eigenvalue weighted by molar-refractivity contribution is 0.567. The Morgan fingerprint density at radius 2 is 1.89 bits per heavy atom. The fraction of sp³-hybridized carbons (Fsp3) is 0.167. The first-order valence-corrected chi connectivity index (χ1v) is 7.81. The normalized spacial score (nSPS) is 13.4. The van der Waals surface area contributed by atoms with Crippen LogP contribution in [0.4, 0.5) is 5.69 Å². The number of hydrogen-bond donors (Lipinski definition) is 2. The highest BCUT2D eigenvalue weighted by molar-refractivity contribution is 7.89. The number of sulfonamides is 1. The van der Waals surface area contributed by atoms with E-state index in [0.717, 1.165) is 5.56 Å². The molecule has 0 saturated heterocycles. The van der Waals surface area contributed by atoms with Gasteiger partial charge in [0.15, 0.2) is 0 Å². The summed E-state index contributed by atoms with van der Waals surface area (Å²) in [6.07, 6.45) is 0. The molecule has 0 saturated carbocycles. The van der Waals surface area contributed by atoms with Crippen molar-refractivity contribution in [2.75, 3.05) is 5.73 Å². The molecule has 18 heavy (non-hydrogen) atoms. The van der Waals surface area contributed by atoms with Gasteiger partial charge in [-0.15, -0.1) is 0 Å². The zero-order chi connectivity index (χ0) is 13.2. The summed E-state index contributed by atoms with van der Waals surface area (Å²) in [7, 11) is -3.50. The molecule has 0 aliphatic carbocycles. The van der Waals surface area contributed by atoms with Crippen LogP contribution in [0.15, 0.2) is 46.0 Å². The minimum Gasteiger partial charge on any atom is -0.399 e. The van der Waals surface area contributed by atoms with Crippen molar-refractivity contribution in [3.8, 4) is 0 Å².